The van der Waals surface area contributed by atoms with Crippen LogP contribution in [0.2, 0.25) is 0 Å². The van der Waals surface area contributed by atoms with Crippen molar-refractivity contribution in [2.24, 2.45) is 0 Å². The summed E-state index contributed by atoms with van der Waals surface area (Å²) in [5.41, 5.74) is -0.484. The molecule has 0 saturated carbocycles. The Kier molecular flexibility index (Phi) is 4.12. The van der Waals surface area contributed by atoms with Gasteiger partial charge in [0.05, 0.1) is 7.11 Å². The van der Waals surface area contributed by atoms with E-state index in [1.54, 1.807) is 0 Å². The van der Waals surface area contributed by atoms with Gasteiger partial charge in [0.15, 0.2) is 0 Å². The van der Waals surface area contributed by atoms with Crippen LogP contribution >= 0.6 is 0 Å². The zero-order valence-electron chi connectivity index (χ0n) is 9.38. The van der Waals surface area contributed by atoms with Crippen LogP contribution in [0.25, 0.3) is 0 Å². The smallest absolute Gasteiger partial charge is 0.306 e. The molecule has 1 saturated heterocycles. The maximum atomic E-state index is 11.3. The predicted octanol–water partition coefficient (Wildman–Crippen LogP) is 1.82. The highest BCUT2D eigenvalue weighted by atomic mass is 16.6. The van der Waals surface area contributed by atoms with Crippen LogP contribution in [0, 0.1) is 0 Å². The lowest BCUT2D eigenvalue weighted by Crippen LogP contribution is -2.30. The van der Waals surface area contributed by atoms with Crippen molar-refractivity contribution in [2.75, 3.05) is 7.11 Å². The van der Waals surface area contributed by atoms with Gasteiger partial charge in [0.2, 0.25) is 0 Å². The van der Waals surface area contributed by atoms with E-state index in [0.29, 0.717) is 19.3 Å². The van der Waals surface area contributed by atoms with E-state index in [1.165, 1.54) is 7.11 Å². The molecule has 0 radical (unpaired) electrons. The van der Waals surface area contributed by atoms with Crippen molar-refractivity contribution in [1.82, 2.24) is 0 Å². The maximum Gasteiger partial charge on any atom is 0.306 e. The Balaban J connectivity index is 2.48. The first-order valence-corrected chi connectivity index (χ1v) is 5.34. The predicted molar refractivity (Wildman–Crippen MR) is 54.2 cm³/mol. The first kappa shape index (κ1) is 12.0. The lowest BCUT2D eigenvalue weighted by Gasteiger charge is -2.27. The van der Waals surface area contributed by atoms with E-state index in [4.69, 9.17) is 4.74 Å². The average Bonchev–Trinajstić information content (AvgIpc) is 2.37. The highest BCUT2D eigenvalue weighted by Crippen LogP contribution is 2.28. The molecule has 0 amide bonds. The quantitative estimate of drug-likeness (QED) is 0.672. The molecule has 4 nitrogen and oxygen atoms in total. The molecule has 1 aliphatic rings. The molecule has 1 rings (SSSR count). The summed E-state index contributed by atoms with van der Waals surface area (Å²) >= 11 is 0. The second kappa shape index (κ2) is 5.14. The molecule has 15 heavy (non-hydrogen) atoms. The van der Waals surface area contributed by atoms with E-state index < -0.39 is 5.60 Å². The molecule has 0 aromatic heterocycles. The Morgan fingerprint density at radius 2 is 2.27 bits per heavy atom. The number of carbonyl (C=O) groups is 2. The number of hydrogen-bond donors (Lipinski definition) is 0. The van der Waals surface area contributed by atoms with Crippen molar-refractivity contribution in [1.29, 1.82) is 0 Å². The third kappa shape index (κ3) is 3.90. The molecule has 0 N–H and O–H groups in total. The molecular weight excluding hydrogens is 196 g/mol. The van der Waals surface area contributed by atoms with Crippen LogP contribution < -0.4 is 0 Å². The number of carbonyl (C=O) groups excluding carboxylic acids is 2. The Hall–Kier alpha value is -1.06. The summed E-state index contributed by atoms with van der Waals surface area (Å²) in [6, 6.07) is 0. The summed E-state index contributed by atoms with van der Waals surface area (Å²) in [7, 11) is 1.36. The van der Waals surface area contributed by atoms with Gasteiger partial charge in [-0.2, -0.15) is 0 Å². The van der Waals surface area contributed by atoms with Crippen LogP contribution in [0.1, 0.15) is 45.4 Å². The molecule has 0 unspecified atom stereocenters. The fourth-order valence-corrected chi connectivity index (χ4v) is 1.79. The van der Waals surface area contributed by atoms with E-state index in [2.05, 4.69) is 4.74 Å². The number of hydrogen-bond acceptors (Lipinski definition) is 4. The Bertz CT molecular complexity index is 249. The fourth-order valence-electron chi connectivity index (χ4n) is 1.79. The van der Waals surface area contributed by atoms with Gasteiger partial charge >= 0.3 is 11.9 Å². The van der Waals surface area contributed by atoms with Crippen LogP contribution in [0.5, 0.6) is 0 Å². The van der Waals surface area contributed by atoms with E-state index in [0.717, 1.165) is 19.3 Å². The molecule has 0 spiro atoms. The topological polar surface area (TPSA) is 52.6 Å². The summed E-state index contributed by atoms with van der Waals surface area (Å²) in [6.07, 6.45) is 4.03. The van der Waals surface area contributed by atoms with Gasteiger partial charge in [-0.25, -0.2) is 0 Å². The van der Waals surface area contributed by atoms with Gasteiger partial charge in [0.25, 0.3) is 0 Å². The minimum absolute atomic E-state index is 0.153. The Morgan fingerprint density at radius 1 is 1.53 bits per heavy atom. The lowest BCUT2D eigenvalue weighted by molar-refractivity contribution is -0.159. The summed E-state index contributed by atoms with van der Waals surface area (Å²) < 4.78 is 9.91. The fraction of sp³-hybridized carbons (Fsp3) is 0.818. The third-order valence-corrected chi connectivity index (χ3v) is 2.78. The molecule has 0 bridgehead atoms. The largest absolute Gasteiger partial charge is 0.469 e. The van der Waals surface area contributed by atoms with Crippen LogP contribution in [0.15, 0.2) is 0 Å². The summed E-state index contributed by atoms with van der Waals surface area (Å²) in [5, 5.41) is 0. The zero-order valence-corrected chi connectivity index (χ0v) is 9.38. The van der Waals surface area contributed by atoms with E-state index in [9.17, 15) is 9.59 Å². The van der Waals surface area contributed by atoms with Crippen LogP contribution in [-0.2, 0) is 19.1 Å². The van der Waals surface area contributed by atoms with Crippen LogP contribution in [-0.4, -0.2) is 24.6 Å². The van der Waals surface area contributed by atoms with Gasteiger partial charge in [0.1, 0.15) is 5.60 Å². The monoisotopic (exact) mass is 214 g/mol. The van der Waals surface area contributed by atoms with Gasteiger partial charge in [-0.3, -0.25) is 9.59 Å². The van der Waals surface area contributed by atoms with E-state index in [1.807, 2.05) is 6.92 Å². The molecule has 0 aliphatic carbocycles. The number of methoxy groups -OCH3 is 1. The normalized spacial score (nSPS) is 26.7. The number of cyclic esters (lactones) is 1. The number of ether oxygens (including phenoxy) is 2. The molecule has 1 aliphatic heterocycles. The van der Waals surface area contributed by atoms with Crippen molar-refractivity contribution in [3.63, 3.8) is 0 Å². The van der Waals surface area contributed by atoms with Crippen molar-refractivity contribution in [3.8, 4) is 0 Å². The summed E-state index contributed by atoms with van der Waals surface area (Å²) in [6.45, 7) is 1.89. The van der Waals surface area contributed by atoms with E-state index >= 15 is 0 Å². The van der Waals surface area contributed by atoms with Gasteiger partial charge in [-0.1, -0.05) is 0 Å². The van der Waals surface area contributed by atoms with Gasteiger partial charge in [0, 0.05) is 12.8 Å². The highest BCUT2D eigenvalue weighted by Gasteiger charge is 2.31. The minimum Gasteiger partial charge on any atom is -0.469 e. The molecular formula is C11H18O4. The Morgan fingerprint density at radius 3 is 2.93 bits per heavy atom. The second-order valence-corrected chi connectivity index (χ2v) is 4.21. The summed E-state index contributed by atoms with van der Waals surface area (Å²) in [5.74, 6) is -0.406. The van der Waals surface area contributed by atoms with Crippen molar-refractivity contribution in [3.05, 3.63) is 0 Å². The molecule has 86 valence electrons. The zero-order chi connectivity index (χ0) is 11.3. The van der Waals surface area contributed by atoms with Gasteiger partial charge in [-0.15, -0.1) is 0 Å². The highest BCUT2D eigenvalue weighted by molar-refractivity contribution is 5.71. The van der Waals surface area contributed by atoms with Crippen molar-refractivity contribution >= 4 is 11.9 Å². The SMILES string of the molecule is COC(=O)CC[C@@]1(C)CCCCC(=O)O1. The minimum atomic E-state index is -0.484. The maximum absolute atomic E-state index is 11.3. The standard InChI is InChI=1S/C11H18O4/c1-11(8-6-9(12)14-2)7-4-3-5-10(13)15-11/h3-8H2,1-2H3/t11-/m1/s1. The average molecular weight is 214 g/mol. The van der Waals surface area contributed by atoms with Crippen molar-refractivity contribution < 1.29 is 19.1 Å². The molecule has 1 atom stereocenters. The van der Waals surface area contributed by atoms with Crippen molar-refractivity contribution in [2.45, 2.75) is 51.0 Å². The van der Waals surface area contributed by atoms with Crippen LogP contribution in [0.4, 0.5) is 0 Å². The Labute approximate surface area is 89.9 Å². The first-order valence-electron chi connectivity index (χ1n) is 5.34. The molecule has 1 heterocycles. The molecule has 1 fully saturated rings. The first-order chi connectivity index (χ1) is 7.06. The summed E-state index contributed by atoms with van der Waals surface area (Å²) in [4.78, 5) is 22.3. The number of esters is 2. The molecule has 0 aromatic carbocycles. The second-order valence-electron chi connectivity index (χ2n) is 4.21. The molecule has 4 heteroatoms. The van der Waals surface area contributed by atoms with Gasteiger partial charge < -0.3 is 9.47 Å². The third-order valence-electron chi connectivity index (χ3n) is 2.78. The molecule has 0 aromatic rings. The van der Waals surface area contributed by atoms with Gasteiger partial charge in [-0.05, 0) is 32.6 Å². The van der Waals surface area contributed by atoms with Crippen LogP contribution in [0.3, 0.4) is 0 Å². The lowest BCUT2D eigenvalue weighted by atomic mass is 9.94. The number of rotatable bonds is 3. The van der Waals surface area contributed by atoms with E-state index in [-0.39, 0.29) is 11.9 Å².